The molecule has 2 aliphatic rings. The Balaban J connectivity index is 1.97. The lowest BCUT2D eigenvalue weighted by molar-refractivity contribution is -0.124. The SMILES string of the molecule is CC1=C(/C=C/C(C)=C\C=C\C(C)=C/C=C/C=C(C)\C=C/C=C(C)\C=C\C2=C(C)C(=O)[C@@H](OS(=O)(=O)O)CC2(C)C)C(C)(C)[C@@H](O)[C@H](O)C1. The van der Waals surface area contributed by atoms with Crippen LogP contribution in [0.3, 0.4) is 0 Å². The zero-order valence-electron chi connectivity index (χ0n) is 30.1. The van der Waals surface area contributed by atoms with Gasteiger partial charge in [0.25, 0.3) is 0 Å². The predicted molar refractivity (Wildman–Crippen MR) is 196 cm³/mol. The van der Waals surface area contributed by atoms with Crippen LogP contribution in [-0.4, -0.2) is 47.3 Å². The molecule has 0 aromatic heterocycles. The molecule has 0 unspecified atom stereocenters. The summed E-state index contributed by atoms with van der Waals surface area (Å²) in [6, 6.07) is 0. The number of carbonyl (C=O) groups is 1. The summed E-state index contributed by atoms with van der Waals surface area (Å²) in [5.41, 5.74) is 6.59. The lowest BCUT2D eigenvalue weighted by Gasteiger charge is -2.40. The molecule has 3 N–H and O–H groups in total. The fourth-order valence-electron chi connectivity index (χ4n) is 5.98. The Bertz CT molecular complexity index is 1660. The molecular weight excluding hydrogens is 625 g/mol. The summed E-state index contributed by atoms with van der Waals surface area (Å²) < 4.78 is 36.0. The largest absolute Gasteiger partial charge is 0.398 e. The van der Waals surface area contributed by atoms with Crippen molar-refractivity contribution in [3.8, 4) is 0 Å². The highest BCUT2D eigenvalue weighted by Gasteiger charge is 2.41. The molecule has 0 saturated carbocycles. The minimum atomic E-state index is -4.73. The zero-order valence-corrected chi connectivity index (χ0v) is 30.9. The molecule has 0 fully saturated rings. The Morgan fingerprint density at radius 3 is 1.67 bits per heavy atom. The molecule has 0 aromatic carbocycles. The topological polar surface area (TPSA) is 121 Å². The summed E-state index contributed by atoms with van der Waals surface area (Å²) in [6.07, 6.45) is 25.8. The van der Waals surface area contributed by atoms with E-state index in [1.54, 1.807) is 6.92 Å². The molecule has 0 aromatic rings. The Morgan fingerprint density at radius 2 is 1.19 bits per heavy atom. The van der Waals surface area contributed by atoms with E-state index >= 15 is 0 Å². The average molecular weight is 679 g/mol. The van der Waals surface area contributed by atoms with Gasteiger partial charge in [-0.25, -0.2) is 4.18 Å². The fourth-order valence-corrected chi connectivity index (χ4v) is 6.42. The Labute approximate surface area is 288 Å². The van der Waals surface area contributed by atoms with Gasteiger partial charge < -0.3 is 10.2 Å². The fraction of sp³-hybridized carbons (Fsp3) is 0.425. The van der Waals surface area contributed by atoms with Crippen molar-refractivity contribution in [3.05, 3.63) is 130 Å². The smallest absolute Gasteiger partial charge is 0.390 e. The molecule has 2 rings (SSSR count). The number of hydrogen-bond donors (Lipinski definition) is 3. The molecule has 0 aliphatic heterocycles. The van der Waals surface area contributed by atoms with Crippen LogP contribution in [0.5, 0.6) is 0 Å². The molecular formula is C40H54O7S. The summed E-state index contributed by atoms with van der Waals surface area (Å²) in [5, 5.41) is 20.6. The van der Waals surface area contributed by atoms with Crippen LogP contribution >= 0.6 is 0 Å². The number of aliphatic hydroxyl groups is 2. The van der Waals surface area contributed by atoms with Crippen molar-refractivity contribution in [1.82, 2.24) is 0 Å². The second kappa shape index (κ2) is 17.3. The van der Waals surface area contributed by atoms with Gasteiger partial charge in [-0.15, -0.1) is 0 Å². The monoisotopic (exact) mass is 678 g/mol. The highest BCUT2D eigenvalue weighted by atomic mass is 32.3. The quantitative estimate of drug-likeness (QED) is 0.140. The van der Waals surface area contributed by atoms with Gasteiger partial charge in [0.1, 0.15) is 6.10 Å². The summed E-state index contributed by atoms with van der Waals surface area (Å²) in [4.78, 5) is 12.7. The van der Waals surface area contributed by atoms with Crippen LogP contribution in [0, 0.1) is 10.8 Å². The first-order valence-electron chi connectivity index (χ1n) is 16.2. The molecule has 0 bridgehead atoms. The van der Waals surface area contributed by atoms with Crippen LogP contribution in [0.1, 0.15) is 82.1 Å². The first kappa shape index (κ1) is 40.8. The van der Waals surface area contributed by atoms with Gasteiger partial charge in [-0.3, -0.25) is 9.35 Å². The Hall–Kier alpha value is -3.40. The normalized spacial score (nSPS) is 25.4. The summed E-state index contributed by atoms with van der Waals surface area (Å²) in [5.74, 6) is -0.448. The van der Waals surface area contributed by atoms with E-state index in [9.17, 15) is 23.4 Å². The molecule has 0 heterocycles. The van der Waals surface area contributed by atoms with Crippen molar-refractivity contribution in [2.45, 2.75) is 100 Å². The highest BCUT2D eigenvalue weighted by Crippen LogP contribution is 2.42. The molecule has 0 amide bonds. The molecule has 8 heteroatoms. The van der Waals surface area contributed by atoms with Gasteiger partial charge in [0.2, 0.25) is 0 Å². The predicted octanol–water partition coefficient (Wildman–Crippen LogP) is 8.52. The molecule has 2 aliphatic carbocycles. The number of allylic oxidation sites excluding steroid dienone is 19. The first-order chi connectivity index (χ1) is 22.2. The maximum absolute atomic E-state index is 12.7. The van der Waals surface area contributed by atoms with Gasteiger partial charge in [-0.05, 0) is 76.5 Å². The summed E-state index contributed by atoms with van der Waals surface area (Å²) in [7, 11) is -4.73. The van der Waals surface area contributed by atoms with E-state index in [0.717, 1.165) is 39.0 Å². The van der Waals surface area contributed by atoms with Crippen molar-refractivity contribution >= 4 is 16.2 Å². The number of ketones is 1. The van der Waals surface area contributed by atoms with Crippen molar-refractivity contribution in [3.63, 3.8) is 0 Å². The highest BCUT2D eigenvalue weighted by molar-refractivity contribution is 7.80. The number of Topliss-reactive ketones (excluding diaryl/α,β-unsaturated/α-hetero) is 1. The summed E-state index contributed by atoms with van der Waals surface area (Å²) in [6.45, 7) is 19.5. The first-order valence-corrected chi connectivity index (χ1v) is 17.6. The minimum Gasteiger partial charge on any atom is -0.390 e. The van der Waals surface area contributed by atoms with E-state index in [-0.39, 0.29) is 6.42 Å². The van der Waals surface area contributed by atoms with E-state index in [0.29, 0.717) is 12.0 Å². The van der Waals surface area contributed by atoms with Crippen molar-refractivity contribution in [2.75, 3.05) is 0 Å². The van der Waals surface area contributed by atoms with Crippen LogP contribution < -0.4 is 0 Å². The van der Waals surface area contributed by atoms with Crippen LogP contribution in [0.25, 0.3) is 0 Å². The summed E-state index contributed by atoms with van der Waals surface area (Å²) >= 11 is 0. The second-order valence-electron chi connectivity index (χ2n) is 14.0. The molecule has 262 valence electrons. The van der Waals surface area contributed by atoms with Crippen molar-refractivity contribution in [2.24, 2.45) is 10.8 Å². The molecule has 3 atom stereocenters. The van der Waals surface area contributed by atoms with Gasteiger partial charge in [0.15, 0.2) is 5.78 Å². The van der Waals surface area contributed by atoms with E-state index < -0.39 is 45.3 Å². The number of rotatable bonds is 12. The van der Waals surface area contributed by atoms with E-state index in [1.165, 1.54) is 0 Å². The van der Waals surface area contributed by atoms with Crippen LogP contribution in [-0.2, 0) is 19.4 Å². The van der Waals surface area contributed by atoms with Gasteiger partial charge in [-0.2, -0.15) is 8.42 Å². The number of hydrogen-bond acceptors (Lipinski definition) is 6. The van der Waals surface area contributed by atoms with Gasteiger partial charge in [0.05, 0.1) is 12.2 Å². The van der Waals surface area contributed by atoms with Crippen molar-refractivity contribution < 1.29 is 32.2 Å². The number of aliphatic hydroxyl groups excluding tert-OH is 2. The van der Waals surface area contributed by atoms with Crippen LogP contribution in [0.2, 0.25) is 0 Å². The molecule has 7 nitrogen and oxygen atoms in total. The van der Waals surface area contributed by atoms with Gasteiger partial charge >= 0.3 is 10.4 Å². The Morgan fingerprint density at radius 1 is 0.750 bits per heavy atom. The van der Waals surface area contributed by atoms with Gasteiger partial charge in [-0.1, -0.05) is 141 Å². The van der Waals surface area contributed by atoms with Crippen LogP contribution in [0.4, 0.5) is 0 Å². The molecule has 0 radical (unpaired) electrons. The van der Waals surface area contributed by atoms with Crippen LogP contribution in [0.15, 0.2) is 130 Å². The third-order valence-corrected chi connectivity index (χ3v) is 9.27. The lowest BCUT2D eigenvalue weighted by Crippen LogP contribution is -2.44. The third kappa shape index (κ3) is 12.2. The van der Waals surface area contributed by atoms with E-state index in [1.807, 2.05) is 141 Å². The standard InChI is InChI=1S/C40H54O7S/c1-27(17-13-19-29(3)21-23-33-31(5)25-35(41)38(43)40(33,9)10)15-11-12-16-28(2)18-14-20-30(4)22-24-34-32(6)37(42)36(26-39(34,7)8)47-48(44,45)46/h11-24,35-36,38,41,43H,25-26H2,1-10H3,(H,44,45,46)/b12-11+,17-13+,18-14-,23-21+,24-22+,27-15-,28-16-,29-19-,30-20-/t35-,36+,38+/m1/s1. The average Bonchev–Trinajstić information content (AvgIpc) is 2.95. The van der Waals surface area contributed by atoms with E-state index in [2.05, 4.69) is 10.3 Å². The second-order valence-corrected chi connectivity index (χ2v) is 15.1. The molecule has 0 spiro atoms. The van der Waals surface area contributed by atoms with E-state index in [4.69, 9.17) is 4.55 Å². The maximum Gasteiger partial charge on any atom is 0.398 e. The Kier molecular flexibility index (Phi) is 14.7. The maximum atomic E-state index is 12.7. The molecule has 0 saturated heterocycles. The minimum absolute atomic E-state index is 0.139. The van der Waals surface area contributed by atoms with Gasteiger partial charge in [0, 0.05) is 5.41 Å². The molecule has 48 heavy (non-hydrogen) atoms. The lowest BCUT2D eigenvalue weighted by atomic mass is 9.69. The zero-order chi connectivity index (χ0) is 36.4. The number of carbonyl (C=O) groups excluding carboxylic acids is 1. The van der Waals surface area contributed by atoms with Crippen molar-refractivity contribution in [1.29, 1.82) is 0 Å². The third-order valence-electron chi connectivity index (χ3n) is 8.79.